The van der Waals surface area contributed by atoms with Crippen LogP contribution in [-0.2, 0) is 16.6 Å². The molecule has 1 aromatic carbocycles. The van der Waals surface area contributed by atoms with Crippen molar-refractivity contribution in [3.05, 3.63) is 17.7 Å². The molecule has 0 heterocycles. The third kappa shape index (κ3) is 2.99. The summed E-state index contributed by atoms with van der Waals surface area (Å²) in [6.07, 6.45) is 1.77. The summed E-state index contributed by atoms with van der Waals surface area (Å²) in [5, 5.41) is 0. The first-order chi connectivity index (χ1) is 9.01. The van der Waals surface area contributed by atoms with Gasteiger partial charge in [0.2, 0.25) is 10.0 Å². The lowest BCUT2D eigenvalue weighted by atomic mass is 10.2. The molecule has 1 aliphatic carbocycles. The number of nitrogens with one attached hydrogen (secondary N) is 1. The van der Waals surface area contributed by atoms with Crippen LogP contribution < -0.4 is 19.9 Å². The minimum atomic E-state index is -3.53. The van der Waals surface area contributed by atoms with Gasteiger partial charge < -0.3 is 15.2 Å². The highest BCUT2D eigenvalue weighted by Crippen LogP contribution is 2.34. The molecule has 0 bridgehead atoms. The average molecular weight is 286 g/mol. The van der Waals surface area contributed by atoms with Gasteiger partial charge in [-0.1, -0.05) is 0 Å². The standard InChI is InChI=1S/C12H18N2O4S/c1-17-11-6-10(5-8(7-13)12(11)18-2)19(15,16)14-9-3-4-9/h5-6,9,14H,3-4,7,13H2,1-2H3. The molecule has 7 heteroatoms. The molecule has 0 saturated heterocycles. The molecule has 3 N–H and O–H groups in total. The van der Waals surface area contributed by atoms with Crippen LogP contribution >= 0.6 is 0 Å². The molecular formula is C12H18N2O4S. The Morgan fingerprint density at radius 1 is 1.32 bits per heavy atom. The highest BCUT2D eigenvalue weighted by atomic mass is 32.2. The quantitative estimate of drug-likeness (QED) is 0.799. The van der Waals surface area contributed by atoms with Gasteiger partial charge in [-0.15, -0.1) is 0 Å². The molecule has 0 atom stereocenters. The van der Waals surface area contributed by atoms with Gasteiger partial charge >= 0.3 is 0 Å². The zero-order valence-electron chi connectivity index (χ0n) is 11.0. The Morgan fingerprint density at radius 2 is 2.00 bits per heavy atom. The van der Waals surface area contributed by atoms with Crippen molar-refractivity contribution in [2.24, 2.45) is 5.73 Å². The third-order valence-corrected chi connectivity index (χ3v) is 4.46. The molecule has 106 valence electrons. The number of ether oxygens (including phenoxy) is 2. The lowest BCUT2D eigenvalue weighted by molar-refractivity contribution is 0.350. The van der Waals surface area contributed by atoms with E-state index in [1.807, 2.05) is 0 Å². The van der Waals surface area contributed by atoms with Crippen molar-refractivity contribution in [2.75, 3.05) is 14.2 Å². The Balaban J connectivity index is 2.45. The molecule has 6 nitrogen and oxygen atoms in total. The number of hydrogen-bond donors (Lipinski definition) is 2. The molecule has 0 aliphatic heterocycles. The second-order valence-electron chi connectivity index (χ2n) is 4.42. The summed E-state index contributed by atoms with van der Waals surface area (Å²) in [6.45, 7) is 0.173. The lowest BCUT2D eigenvalue weighted by Gasteiger charge is -2.14. The zero-order chi connectivity index (χ0) is 14.0. The molecule has 0 radical (unpaired) electrons. The Kier molecular flexibility index (Phi) is 3.98. The zero-order valence-corrected chi connectivity index (χ0v) is 11.8. The van der Waals surface area contributed by atoms with Gasteiger partial charge in [-0.3, -0.25) is 0 Å². The summed E-state index contributed by atoms with van der Waals surface area (Å²) >= 11 is 0. The van der Waals surface area contributed by atoms with Crippen molar-refractivity contribution >= 4 is 10.0 Å². The number of rotatable bonds is 6. The smallest absolute Gasteiger partial charge is 0.240 e. The first-order valence-electron chi connectivity index (χ1n) is 5.99. The van der Waals surface area contributed by atoms with Gasteiger partial charge in [0.1, 0.15) is 0 Å². The maximum atomic E-state index is 12.2. The van der Waals surface area contributed by atoms with E-state index in [9.17, 15) is 8.42 Å². The van der Waals surface area contributed by atoms with Crippen molar-refractivity contribution < 1.29 is 17.9 Å². The highest BCUT2D eigenvalue weighted by Gasteiger charge is 2.29. The van der Waals surface area contributed by atoms with Crippen LogP contribution in [0.3, 0.4) is 0 Å². The molecular weight excluding hydrogens is 268 g/mol. The Labute approximate surface area is 112 Å². The molecule has 0 unspecified atom stereocenters. The summed E-state index contributed by atoms with van der Waals surface area (Å²) in [5.41, 5.74) is 6.22. The van der Waals surface area contributed by atoms with Gasteiger partial charge in [0.05, 0.1) is 19.1 Å². The second kappa shape index (κ2) is 5.36. The predicted molar refractivity (Wildman–Crippen MR) is 70.8 cm³/mol. The van der Waals surface area contributed by atoms with E-state index in [1.54, 1.807) is 0 Å². The van der Waals surface area contributed by atoms with Crippen LogP contribution in [0.1, 0.15) is 18.4 Å². The van der Waals surface area contributed by atoms with Gasteiger partial charge in [0.15, 0.2) is 11.5 Å². The molecule has 19 heavy (non-hydrogen) atoms. The minimum Gasteiger partial charge on any atom is -0.493 e. The number of hydrogen-bond acceptors (Lipinski definition) is 5. The van der Waals surface area contributed by atoms with Crippen LogP contribution in [0.15, 0.2) is 17.0 Å². The van der Waals surface area contributed by atoms with E-state index in [4.69, 9.17) is 15.2 Å². The fourth-order valence-corrected chi connectivity index (χ4v) is 3.18. The fraction of sp³-hybridized carbons (Fsp3) is 0.500. The van der Waals surface area contributed by atoms with Crippen molar-refractivity contribution in [1.29, 1.82) is 0 Å². The Bertz CT molecular complexity index is 542. The van der Waals surface area contributed by atoms with E-state index in [0.717, 1.165) is 12.8 Å². The van der Waals surface area contributed by atoms with Crippen LogP contribution in [0.4, 0.5) is 0 Å². The van der Waals surface area contributed by atoms with E-state index in [-0.39, 0.29) is 17.5 Å². The summed E-state index contributed by atoms with van der Waals surface area (Å²) in [6, 6.07) is 3.02. The molecule has 1 aliphatic rings. The Morgan fingerprint density at radius 3 is 2.47 bits per heavy atom. The molecule has 0 aromatic heterocycles. The first kappa shape index (κ1) is 14.1. The van der Waals surface area contributed by atoms with Gasteiger partial charge in [-0.05, 0) is 18.9 Å². The molecule has 0 amide bonds. The van der Waals surface area contributed by atoms with E-state index >= 15 is 0 Å². The fourth-order valence-electron chi connectivity index (χ4n) is 1.81. The lowest BCUT2D eigenvalue weighted by Crippen LogP contribution is -2.26. The summed E-state index contributed by atoms with van der Waals surface area (Å²) in [5.74, 6) is 0.831. The van der Waals surface area contributed by atoms with Crippen molar-refractivity contribution in [3.8, 4) is 11.5 Å². The summed E-state index contributed by atoms with van der Waals surface area (Å²) in [7, 11) is -0.573. The molecule has 1 fully saturated rings. The van der Waals surface area contributed by atoms with Crippen LogP contribution in [0, 0.1) is 0 Å². The summed E-state index contributed by atoms with van der Waals surface area (Å²) in [4.78, 5) is 0.150. The van der Waals surface area contributed by atoms with Gasteiger partial charge in [0, 0.05) is 24.2 Å². The molecule has 1 aromatic rings. The minimum absolute atomic E-state index is 0.0550. The maximum absolute atomic E-state index is 12.2. The first-order valence-corrected chi connectivity index (χ1v) is 7.47. The van der Waals surface area contributed by atoms with Crippen LogP contribution in [0.2, 0.25) is 0 Å². The average Bonchev–Trinajstić information content (AvgIpc) is 3.19. The summed E-state index contributed by atoms with van der Waals surface area (Å²) < 4.78 is 37.3. The van der Waals surface area contributed by atoms with E-state index in [0.29, 0.717) is 17.1 Å². The van der Waals surface area contributed by atoms with Gasteiger partial charge in [-0.2, -0.15) is 0 Å². The van der Waals surface area contributed by atoms with E-state index < -0.39 is 10.0 Å². The normalized spacial score (nSPS) is 15.3. The van der Waals surface area contributed by atoms with Crippen molar-refractivity contribution in [3.63, 3.8) is 0 Å². The SMILES string of the molecule is COc1cc(S(=O)(=O)NC2CC2)cc(CN)c1OC. The van der Waals surface area contributed by atoms with E-state index in [2.05, 4.69) is 4.72 Å². The second-order valence-corrected chi connectivity index (χ2v) is 6.13. The highest BCUT2D eigenvalue weighted by molar-refractivity contribution is 7.89. The monoisotopic (exact) mass is 286 g/mol. The third-order valence-electron chi connectivity index (χ3n) is 2.96. The van der Waals surface area contributed by atoms with Crippen molar-refractivity contribution in [1.82, 2.24) is 4.72 Å². The van der Waals surface area contributed by atoms with E-state index in [1.165, 1.54) is 26.4 Å². The maximum Gasteiger partial charge on any atom is 0.240 e. The van der Waals surface area contributed by atoms with Crippen LogP contribution in [0.25, 0.3) is 0 Å². The number of methoxy groups -OCH3 is 2. The largest absolute Gasteiger partial charge is 0.493 e. The van der Waals surface area contributed by atoms with Gasteiger partial charge in [-0.25, -0.2) is 13.1 Å². The molecule has 1 saturated carbocycles. The number of nitrogens with two attached hydrogens (primary N) is 1. The van der Waals surface area contributed by atoms with Crippen LogP contribution in [0.5, 0.6) is 11.5 Å². The van der Waals surface area contributed by atoms with Crippen molar-refractivity contribution in [2.45, 2.75) is 30.3 Å². The van der Waals surface area contributed by atoms with Crippen LogP contribution in [-0.4, -0.2) is 28.7 Å². The topological polar surface area (TPSA) is 90.7 Å². The Hall–Kier alpha value is -1.31. The molecule has 0 spiro atoms. The number of sulfonamides is 1. The van der Waals surface area contributed by atoms with Gasteiger partial charge in [0.25, 0.3) is 0 Å². The molecule has 2 rings (SSSR count). The predicted octanol–water partition coefficient (Wildman–Crippen LogP) is 0.603. The number of benzene rings is 1.